The number of hydrogen-bond donors (Lipinski definition) is 2. The van der Waals surface area contributed by atoms with Crippen molar-refractivity contribution in [3.05, 3.63) is 0 Å². The van der Waals surface area contributed by atoms with E-state index in [0.717, 1.165) is 38.3 Å². The second kappa shape index (κ2) is 6.36. The first-order chi connectivity index (χ1) is 8.25. The molecule has 0 aromatic heterocycles. The van der Waals surface area contributed by atoms with Crippen LogP contribution in [0.15, 0.2) is 0 Å². The third-order valence-electron chi connectivity index (χ3n) is 4.03. The number of nitrogens with one attached hydrogen (secondary N) is 2. The highest BCUT2D eigenvalue weighted by Crippen LogP contribution is 2.15. The van der Waals surface area contributed by atoms with Gasteiger partial charge in [-0.05, 0) is 64.7 Å². The molecule has 0 aromatic carbocycles. The number of carbonyl (C=O) groups is 1. The second-order valence-corrected chi connectivity index (χ2v) is 5.49. The molecular formula is C13H25N3O. The minimum atomic E-state index is 0.0529. The third kappa shape index (κ3) is 3.96. The summed E-state index contributed by atoms with van der Waals surface area (Å²) in [6.45, 7) is 4.25. The van der Waals surface area contributed by atoms with Gasteiger partial charge in [0.15, 0.2) is 0 Å². The maximum Gasteiger partial charge on any atom is 0.237 e. The summed E-state index contributed by atoms with van der Waals surface area (Å²) in [6.07, 6.45) is 5.80. The van der Waals surface area contributed by atoms with Gasteiger partial charge in [0.25, 0.3) is 0 Å². The molecule has 0 radical (unpaired) electrons. The zero-order valence-corrected chi connectivity index (χ0v) is 10.9. The number of carbonyl (C=O) groups excluding carboxylic acids is 1. The van der Waals surface area contributed by atoms with Gasteiger partial charge in [0.2, 0.25) is 5.91 Å². The first kappa shape index (κ1) is 12.8. The van der Waals surface area contributed by atoms with Crippen molar-refractivity contribution in [1.29, 1.82) is 0 Å². The van der Waals surface area contributed by atoms with Gasteiger partial charge in [-0.3, -0.25) is 4.79 Å². The molecule has 4 nitrogen and oxygen atoms in total. The maximum absolute atomic E-state index is 11.8. The van der Waals surface area contributed by atoms with Crippen LogP contribution in [0.5, 0.6) is 0 Å². The monoisotopic (exact) mass is 239 g/mol. The lowest BCUT2D eigenvalue weighted by Crippen LogP contribution is -2.45. The van der Waals surface area contributed by atoms with Crippen LogP contribution in [0.1, 0.15) is 32.1 Å². The molecule has 0 saturated carbocycles. The molecule has 0 bridgehead atoms. The standard InChI is InChI=1S/C13H25N3O/c1-16-8-5-11(6-9-16)10-15-12-4-2-3-7-14-13(12)17/h11-12,15H,2-10H2,1H3,(H,14,17). The Labute approximate surface area is 104 Å². The molecule has 2 rings (SSSR count). The first-order valence-electron chi connectivity index (χ1n) is 6.95. The molecule has 0 spiro atoms. The lowest BCUT2D eigenvalue weighted by molar-refractivity contribution is -0.122. The average Bonchev–Trinajstić information content (AvgIpc) is 2.54. The largest absolute Gasteiger partial charge is 0.355 e. The van der Waals surface area contributed by atoms with Crippen LogP contribution in [0.25, 0.3) is 0 Å². The molecule has 2 fully saturated rings. The van der Waals surface area contributed by atoms with E-state index < -0.39 is 0 Å². The van der Waals surface area contributed by atoms with Crippen molar-refractivity contribution in [3.63, 3.8) is 0 Å². The Hall–Kier alpha value is -0.610. The van der Waals surface area contributed by atoms with Crippen molar-refractivity contribution in [3.8, 4) is 0 Å². The fraction of sp³-hybridized carbons (Fsp3) is 0.923. The number of likely N-dealkylation sites (tertiary alicyclic amines) is 1. The summed E-state index contributed by atoms with van der Waals surface area (Å²) < 4.78 is 0. The Morgan fingerprint density at radius 2 is 2.06 bits per heavy atom. The summed E-state index contributed by atoms with van der Waals surface area (Å²) in [4.78, 5) is 14.1. The Kier molecular flexibility index (Phi) is 4.80. The Balaban J connectivity index is 1.71. The molecule has 1 atom stereocenters. The minimum Gasteiger partial charge on any atom is -0.355 e. The van der Waals surface area contributed by atoms with Crippen molar-refractivity contribution in [1.82, 2.24) is 15.5 Å². The quantitative estimate of drug-likeness (QED) is 0.757. The van der Waals surface area contributed by atoms with E-state index in [0.29, 0.717) is 0 Å². The normalized spacial score (nSPS) is 28.8. The number of hydrogen-bond acceptors (Lipinski definition) is 3. The van der Waals surface area contributed by atoms with Crippen molar-refractivity contribution in [2.75, 3.05) is 33.2 Å². The van der Waals surface area contributed by atoms with Gasteiger partial charge >= 0.3 is 0 Å². The zero-order chi connectivity index (χ0) is 12.1. The number of nitrogens with zero attached hydrogens (tertiary/aromatic N) is 1. The maximum atomic E-state index is 11.8. The molecule has 0 aromatic rings. The van der Waals surface area contributed by atoms with Crippen molar-refractivity contribution in [2.45, 2.75) is 38.1 Å². The van der Waals surface area contributed by atoms with E-state index in [2.05, 4.69) is 22.6 Å². The van der Waals surface area contributed by atoms with E-state index >= 15 is 0 Å². The highest BCUT2D eigenvalue weighted by molar-refractivity contribution is 5.81. The Bertz CT molecular complexity index is 249. The highest BCUT2D eigenvalue weighted by atomic mass is 16.2. The van der Waals surface area contributed by atoms with Crippen molar-refractivity contribution < 1.29 is 4.79 Å². The van der Waals surface area contributed by atoms with E-state index in [1.54, 1.807) is 0 Å². The van der Waals surface area contributed by atoms with Gasteiger partial charge in [-0.25, -0.2) is 0 Å². The highest BCUT2D eigenvalue weighted by Gasteiger charge is 2.22. The topological polar surface area (TPSA) is 44.4 Å². The number of piperidine rings is 1. The molecule has 0 aliphatic carbocycles. The molecule has 1 amide bonds. The second-order valence-electron chi connectivity index (χ2n) is 5.49. The lowest BCUT2D eigenvalue weighted by Gasteiger charge is -2.30. The Morgan fingerprint density at radius 3 is 2.82 bits per heavy atom. The molecule has 1 unspecified atom stereocenters. The van der Waals surface area contributed by atoms with Crippen LogP contribution in [0, 0.1) is 5.92 Å². The van der Waals surface area contributed by atoms with Crippen LogP contribution < -0.4 is 10.6 Å². The van der Waals surface area contributed by atoms with E-state index in [4.69, 9.17) is 0 Å². The average molecular weight is 239 g/mol. The van der Waals surface area contributed by atoms with Crippen LogP contribution in [0.4, 0.5) is 0 Å². The fourth-order valence-corrected chi connectivity index (χ4v) is 2.71. The minimum absolute atomic E-state index is 0.0529. The Morgan fingerprint density at radius 1 is 1.29 bits per heavy atom. The van der Waals surface area contributed by atoms with Crippen LogP contribution in [0.2, 0.25) is 0 Å². The van der Waals surface area contributed by atoms with Gasteiger partial charge in [0.1, 0.15) is 0 Å². The van der Waals surface area contributed by atoms with Crippen molar-refractivity contribution >= 4 is 5.91 Å². The van der Waals surface area contributed by atoms with Crippen LogP contribution in [-0.2, 0) is 4.79 Å². The van der Waals surface area contributed by atoms with Gasteiger partial charge in [-0.1, -0.05) is 0 Å². The predicted molar refractivity (Wildman–Crippen MR) is 68.9 cm³/mol. The van der Waals surface area contributed by atoms with Gasteiger partial charge < -0.3 is 15.5 Å². The van der Waals surface area contributed by atoms with E-state index in [9.17, 15) is 4.79 Å². The zero-order valence-electron chi connectivity index (χ0n) is 10.9. The SMILES string of the molecule is CN1CCC(CNC2CCCCNC2=O)CC1. The fourth-order valence-electron chi connectivity index (χ4n) is 2.71. The summed E-state index contributed by atoms with van der Waals surface area (Å²) >= 11 is 0. The van der Waals surface area contributed by atoms with Gasteiger partial charge in [0.05, 0.1) is 6.04 Å². The van der Waals surface area contributed by atoms with Gasteiger partial charge in [-0.2, -0.15) is 0 Å². The lowest BCUT2D eigenvalue weighted by atomic mass is 9.96. The summed E-state index contributed by atoms with van der Waals surface area (Å²) in [7, 11) is 2.18. The van der Waals surface area contributed by atoms with Crippen LogP contribution in [-0.4, -0.2) is 50.1 Å². The van der Waals surface area contributed by atoms with E-state index in [1.807, 2.05) is 0 Å². The molecule has 4 heteroatoms. The molecule has 2 heterocycles. The molecule has 98 valence electrons. The van der Waals surface area contributed by atoms with E-state index in [-0.39, 0.29) is 11.9 Å². The van der Waals surface area contributed by atoms with Gasteiger partial charge in [-0.15, -0.1) is 0 Å². The summed E-state index contributed by atoms with van der Waals surface area (Å²) in [6, 6.07) is 0.0529. The smallest absolute Gasteiger partial charge is 0.237 e. The molecule has 2 N–H and O–H groups in total. The molecule has 2 aliphatic heterocycles. The molecule has 17 heavy (non-hydrogen) atoms. The van der Waals surface area contributed by atoms with Crippen LogP contribution in [0.3, 0.4) is 0 Å². The summed E-state index contributed by atoms with van der Waals surface area (Å²) in [5.41, 5.74) is 0. The number of amides is 1. The molecular weight excluding hydrogens is 214 g/mol. The van der Waals surface area contributed by atoms with E-state index in [1.165, 1.54) is 25.9 Å². The molecule has 2 saturated heterocycles. The van der Waals surface area contributed by atoms with Crippen LogP contribution >= 0.6 is 0 Å². The van der Waals surface area contributed by atoms with Gasteiger partial charge in [0, 0.05) is 6.54 Å². The van der Waals surface area contributed by atoms with Crippen molar-refractivity contribution in [2.24, 2.45) is 5.92 Å². The molecule has 2 aliphatic rings. The number of rotatable bonds is 3. The third-order valence-corrected chi connectivity index (χ3v) is 4.03. The first-order valence-corrected chi connectivity index (χ1v) is 6.95. The predicted octanol–water partition coefficient (Wildman–Crippen LogP) is 0.587. The summed E-state index contributed by atoms with van der Waals surface area (Å²) in [5.74, 6) is 0.956. The summed E-state index contributed by atoms with van der Waals surface area (Å²) in [5, 5.41) is 6.45.